The van der Waals surface area contributed by atoms with E-state index >= 15 is 0 Å². The molecule has 0 saturated heterocycles. The Morgan fingerprint density at radius 1 is 0.704 bits per heavy atom. The van der Waals surface area contributed by atoms with Gasteiger partial charge in [0.25, 0.3) is 0 Å². The van der Waals surface area contributed by atoms with E-state index in [4.69, 9.17) is 4.74 Å². The van der Waals surface area contributed by atoms with Crippen molar-refractivity contribution in [3.05, 3.63) is 0 Å². The summed E-state index contributed by atoms with van der Waals surface area (Å²) in [4.78, 5) is 0. The Bertz CT molecular complexity index is 295. The molecule has 0 aromatic rings. The van der Waals surface area contributed by atoms with Crippen LogP contribution in [-0.4, -0.2) is 48.6 Å². The third-order valence-electron chi connectivity index (χ3n) is 5.10. The van der Waals surface area contributed by atoms with Crippen LogP contribution in [0.3, 0.4) is 0 Å². The number of hydrogen-bond donors (Lipinski definition) is 1. The standard InChI is InChI=1S/C23H49BrNO2/c1-4-5-6-7-8-9-10-11-12-13-14-15-16-17-18-19-20-27-22-23(26)21-25(2,3)24/h23,26H,4-22H2,1-3H3/q+1. The molecule has 0 aliphatic heterocycles. The van der Waals surface area contributed by atoms with Crippen LogP contribution in [0.15, 0.2) is 0 Å². The zero-order valence-corrected chi connectivity index (χ0v) is 20.3. The van der Waals surface area contributed by atoms with Gasteiger partial charge < -0.3 is 9.84 Å². The van der Waals surface area contributed by atoms with Gasteiger partial charge in [0.05, 0.1) is 20.7 Å². The monoisotopic (exact) mass is 450 g/mol. The molecule has 0 bridgehead atoms. The maximum Gasteiger partial charge on any atom is 0.227 e. The molecular weight excluding hydrogens is 402 g/mol. The first-order chi connectivity index (χ1) is 13.0. The highest BCUT2D eigenvalue weighted by atomic mass is 79.9. The topological polar surface area (TPSA) is 29.5 Å². The molecule has 0 aliphatic rings. The summed E-state index contributed by atoms with van der Waals surface area (Å²) in [6.45, 7) is 4.19. The van der Waals surface area contributed by atoms with Crippen molar-refractivity contribution in [1.29, 1.82) is 0 Å². The quantitative estimate of drug-likeness (QED) is 0.150. The minimum absolute atomic E-state index is 0.388. The molecule has 27 heavy (non-hydrogen) atoms. The molecule has 3 nitrogen and oxygen atoms in total. The Morgan fingerprint density at radius 3 is 1.44 bits per heavy atom. The Labute approximate surface area is 179 Å². The number of ether oxygens (including phenoxy) is 1. The number of hydrogen-bond acceptors (Lipinski definition) is 2. The average Bonchev–Trinajstić information content (AvgIpc) is 2.59. The smallest absolute Gasteiger partial charge is 0.227 e. The van der Waals surface area contributed by atoms with Crippen LogP contribution >= 0.6 is 16.1 Å². The van der Waals surface area contributed by atoms with Gasteiger partial charge in [-0.25, -0.2) is 0 Å². The van der Waals surface area contributed by atoms with Gasteiger partial charge in [0.15, 0.2) is 0 Å². The number of aliphatic hydroxyl groups excluding tert-OH is 1. The summed E-state index contributed by atoms with van der Waals surface area (Å²) < 4.78 is 6.17. The molecule has 0 fully saturated rings. The zero-order chi connectivity index (χ0) is 20.2. The molecule has 1 unspecified atom stereocenters. The van der Waals surface area contributed by atoms with Crippen molar-refractivity contribution in [3.63, 3.8) is 0 Å². The predicted molar refractivity (Wildman–Crippen MR) is 122 cm³/mol. The molecule has 0 aromatic carbocycles. The molecule has 0 spiro atoms. The molecule has 0 radical (unpaired) electrons. The summed E-state index contributed by atoms with van der Waals surface area (Å²) in [5, 5.41) is 9.85. The van der Waals surface area contributed by atoms with E-state index in [0.717, 1.165) is 13.0 Å². The number of unbranched alkanes of at least 4 members (excludes halogenated alkanes) is 15. The number of likely N-dealkylation sites (N-methyl/N-ethyl adjacent to an activating group) is 1. The van der Waals surface area contributed by atoms with Crippen molar-refractivity contribution in [2.24, 2.45) is 0 Å². The van der Waals surface area contributed by atoms with E-state index in [1.807, 2.05) is 14.1 Å². The van der Waals surface area contributed by atoms with Crippen LogP contribution in [0, 0.1) is 0 Å². The Kier molecular flexibility index (Phi) is 19.9. The largest absolute Gasteiger partial charge is 0.385 e. The maximum atomic E-state index is 9.85. The lowest BCUT2D eigenvalue weighted by Crippen LogP contribution is -2.38. The summed E-state index contributed by atoms with van der Waals surface area (Å²) >= 11 is 3.50. The van der Waals surface area contributed by atoms with Gasteiger partial charge in [0.2, 0.25) is 16.1 Å². The first-order valence-electron chi connectivity index (χ1n) is 11.7. The maximum absolute atomic E-state index is 9.85. The lowest BCUT2D eigenvalue weighted by molar-refractivity contribution is -0.739. The van der Waals surface area contributed by atoms with Crippen molar-refractivity contribution < 1.29 is 13.4 Å². The molecule has 0 aliphatic carbocycles. The lowest BCUT2D eigenvalue weighted by Gasteiger charge is -2.22. The first-order valence-corrected chi connectivity index (χ1v) is 12.4. The van der Waals surface area contributed by atoms with Crippen molar-refractivity contribution in [2.45, 2.75) is 116 Å². The molecule has 1 N–H and O–H groups in total. The molecule has 0 aromatic heterocycles. The molecule has 0 heterocycles. The predicted octanol–water partition coefficient (Wildman–Crippen LogP) is 7.01. The molecular formula is C23H49BrNO2+. The van der Waals surface area contributed by atoms with Gasteiger partial charge >= 0.3 is 0 Å². The van der Waals surface area contributed by atoms with Crippen LogP contribution in [-0.2, 0) is 4.74 Å². The number of quaternary nitrogens is 1. The average molecular weight is 452 g/mol. The molecule has 4 heteroatoms. The van der Waals surface area contributed by atoms with E-state index in [1.54, 1.807) is 0 Å². The van der Waals surface area contributed by atoms with E-state index in [0.29, 0.717) is 16.7 Å². The fourth-order valence-corrected chi connectivity index (χ4v) is 3.86. The summed E-state index contributed by atoms with van der Waals surface area (Å²) in [7, 11) is 4.03. The SMILES string of the molecule is CCCCCCCCCCCCCCCCCCOCC(O)C[N+](C)(C)Br. The summed E-state index contributed by atoms with van der Waals surface area (Å²) in [5.74, 6) is 0. The highest BCUT2D eigenvalue weighted by Gasteiger charge is 2.17. The third kappa shape index (κ3) is 24.3. The normalized spacial score (nSPS) is 13.2. The zero-order valence-electron chi connectivity index (χ0n) is 18.7. The molecule has 164 valence electrons. The summed E-state index contributed by atoms with van der Waals surface area (Å²) in [6.07, 6.45) is 21.9. The van der Waals surface area contributed by atoms with Crippen LogP contribution in [0.4, 0.5) is 0 Å². The van der Waals surface area contributed by atoms with E-state index in [9.17, 15) is 5.11 Å². The second kappa shape index (κ2) is 19.7. The summed E-state index contributed by atoms with van der Waals surface area (Å²) in [5.41, 5.74) is 0. The Balaban J connectivity index is 3.11. The van der Waals surface area contributed by atoms with Crippen LogP contribution in [0.25, 0.3) is 0 Å². The van der Waals surface area contributed by atoms with E-state index in [-0.39, 0.29) is 6.10 Å². The van der Waals surface area contributed by atoms with Gasteiger partial charge in [-0.15, -0.1) is 0 Å². The highest BCUT2D eigenvalue weighted by Crippen LogP contribution is 2.14. The van der Waals surface area contributed by atoms with Crippen molar-refractivity contribution >= 4 is 16.1 Å². The Morgan fingerprint density at radius 2 is 1.07 bits per heavy atom. The minimum atomic E-state index is -0.388. The van der Waals surface area contributed by atoms with Gasteiger partial charge in [0, 0.05) is 6.61 Å². The minimum Gasteiger partial charge on any atom is -0.385 e. The van der Waals surface area contributed by atoms with Crippen molar-refractivity contribution in [2.75, 3.05) is 33.9 Å². The van der Waals surface area contributed by atoms with Crippen LogP contribution in [0.2, 0.25) is 0 Å². The number of aliphatic hydroxyl groups is 1. The van der Waals surface area contributed by atoms with Gasteiger partial charge in [-0.05, 0) is 6.42 Å². The second-order valence-corrected chi connectivity index (χ2v) is 10.7. The highest BCUT2D eigenvalue weighted by molar-refractivity contribution is 9.05. The second-order valence-electron chi connectivity index (χ2n) is 8.75. The van der Waals surface area contributed by atoms with Crippen molar-refractivity contribution in [3.8, 4) is 0 Å². The lowest BCUT2D eigenvalue weighted by atomic mass is 10.0. The van der Waals surface area contributed by atoms with Gasteiger partial charge in [-0.1, -0.05) is 103 Å². The van der Waals surface area contributed by atoms with E-state index in [1.165, 1.54) is 96.3 Å². The van der Waals surface area contributed by atoms with Crippen molar-refractivity contribution in [1.82, 2.24) is 0 Å². The molecule has 0 saturated carbocycles. The fraction of sp³-hybridized carbons (Fsp3) is 1.00. The van der Waals surface area contributed by atoms with Crippen LogP contribution in [0.5, 0.6) is 0 Å². The van der Waals surface area contributed by atoms with Gasteiger partial charge in [-0.2, -0.15) is 0 Å². The summed E-state index contributed by atoms with van der Waals surface area (Å²) in [6, 6.07) is 0. The molecule has 1 atom stereocenters. The van der Waals surface area contributed by atoms with Gasteiger partial charge in [-0.3, -0.25) is 3.51 Å². The number of rotatable bonds is 21. The van der Waals surface area contributed by atoms with Crippen LogP contribution in [0.1, 0.15) is 110 Å². The number of halogens is 1. The van der Waals surface area contributed by atoms with Gasteiger partial charge in [0.1, 0.15) is 12.6 Å². The van der Waals surface area contributed by atoms with E-state index in [2.05, 4.69) is 23.1 Å². The fourth-order valence-electron chi connectivity index (χ4n) is 3.53. The first kappa shape index (κ1) is 27.4. The molecule has 0 rings (SSSR count). The Hall–Kier alpha value is 0.360. The van der Waals surface area contributed by atoms with Crippen LogP contribution < -0.4 is 0 Å². The molecule has 0 amide bonds. The third-order valence-corrected chi connectivity index (χ3v) is 5.39. The van der Waals surface area contributed by atoms with E-state index < -0.39 is 0 Å². The number of nitrogens with zero attached hydrogens (tertiary/aromatic N) is 1.